The highest BCUT2D eigenvalue weighted by atomic mass is 35.5. The van der Waals surface area contributed by atoms with E-state index in [-0.39, 0.29) is 23.3 Å². The monoisotopic (exact) mass is 589 g/mol. The van der Waals surface area contributed by atoms with Gasteiger partial charge in [0.15, 0.2) is 0 Å². The van der Waals surface area contributed by atoms with E-state index in [1.54, 1.807) is 48.5 Å². The van der Waals surface area contributed by atoms with Gasteiger partial charge in [0.2, 0.25) is 6.29 Å². The second-order valence-electron chi connectivity index (χ2n) is 8.56. The zero-order valence-corrected chi connectivity index (χ0v) is 22.6. The lowest BCUT2D eigenvalue weighted by Gasteiger charge is -2.31. The number of fused-ring (bicyclic) bond motifs is 1. The number of anilines is 1. The summed E-state index contributed by atoms with van der Waals surface area (Å²) in [6.07, 6.45) is 1.34. The van der Waals surface area contributed by atoms with Crippen molar-refractivity contribution in [2.45, 2.75) is 12.5 Å². The molecule has 0 saturated carbocycles. The number of halogens is 1. The maximum Gasteiger partial charge on any atom is 0.372 e. The summed E-state index contributed by atoms with van der Waals surface area (Å²) in [5.74, 6) is -2.72. The molecule has 0 fully saturated rings. The number of aromatic nitrogens is 4. The summed E-state index contributed by atoms with van der Waals surface area (Å²) in [6, 6.07) is 21.2. The molecule has 206 valence electrons. The molecule has 0 bridgehead atoms. The molecule has 5 rings (SSSR count). The van der Waals surface area contributed by atoms with Gasteiger partial charge in [-0.05, 0) is 51.7 Å². The molecule has 3 aromatic carbocycles. The number of hydrazine groups is 1. The highest BCUT2D eigenvalue weighted by Crippen LogP contribution is 2.27. The average molecular weight is 590 g/mol. The minimum absolute atomic E-state index is 0.0412. The molecule has 5 aromatic rings. The second-order valence-corrected chi connectivity index (χ2v) is 10.1. The van der Waals surface area contributed by atoms with Gasteiger partial charge in [-0.2, -0.15) is 10.2 Å². The molecule has 1 unspecified atom stereocenters. The van der Waals surface area contributed by atoms with Crippen molar-refractivity contribution >= 4 is 62.8 Å². The first-order chi connectivity index (χ1) is 19.9. The minimum atomic E-state index is -1.36. The Morgan fingerprint density at radius 3 is 2.56 bits per heavy atom. The van der Waals surface area contributed by atoms with Crippen molar-refractivity contribution in [3.63, 3.8) is 0 Å². The number of amides is 2. The third-order valence-corrected chi connectivity index (χ3v) is 7.22. The topological polar surface area (TPSA) is 148 Å². The average Bonchev–Trinajstić information content (AvgIpc) is 3.68. The molecule has 41 heavy (non-hydrogen) atoms. The molecule has 12 nitrogen and oxygen atoms in total. The maximum absolute atomic E-state index is 13.5. The molecule has 0 radical (unpaired) electrons. The largest absolute Gasteiger partial charge is 0.372 e. The Kier molecular flexibility index (Phi) is 8.27. The van der Waals surface area contributed by atoms with Crippen LogP contribution in [0.3, 0.4) is 0 Å². The Hall–Kier alpha value is -5.14. The van der Waals surface area contributed by atoms with Crippen molar-refractivity contribution in [3.8, 4) is 5.69 Å². The van der Waals surface area contributed by atoms with Gasteiger partial charge in [0.05, 0.1) is 11.4 Å². The van der Waals surface area contributed by atoms with Crippen molar-refractivity contribution in [3.05, 3.63) is 101 Å². The van der Waals surface area contributed by atoms with Gasteiger partial charge in [-0.1, -0.05) is 60.1 Å². The number of hydroxylamine groups is 1. The van der Waals surface area contributed by atoms with E-state index in [0.717, 1.165) is 15.1 Å². The van der Waals surface area contributed by atoms with E-state index in [9.17, 15) is 19.2 Å². The van der Waals surface area contributed by atoms with E-state index in [0.29, 0.717) is 16.3 Å². The zero-order chi connectivity index (χ0) is 28.8. The standard InChI is InChI=1S/C27H20ClN7O5S/c28-19-10-11-21(34-16-29-32-33-34)20(14-19)30-35(25(37)15-36)22(12-17-6-2-1-3-7-17)26(38)31-40-27(39)24-13-18-8-4-5-9-23(18)41-24/h1-11,13-16,22,30H,12H2,(H,31,38). The summed E-state index contributed by atoms with van der Waals surface area (Å²) in [4.78, 5) is 56.3. The van der Waals surface area contributed by atoms with Gasteiger partial charge < -0.3 is 4.84 Å². The molecule has 0 aliphatic carbocycles. The zero-order valence-electron chi connectivity index (χ0n) is 21.0. The molecule has 2 amide bonds. The Bertz CT molecular complexity index is 1680. The van der Waals surface area contributed by atoms with E-state index in [1.807, 2.05) is 24.3 Å². The molecular weight excluding hydrogens is 570 g/mol. The van der Waals surface area contributed by atoms with E-state index < -0.39 is 23.8 Å². The van der Waals surface area contributed by atoms with Crippen LogP contribution in [0.25, 0.3) is 15.8 Å². The van der Waals surface area contributed by atoms with Crippen LogP contribution >= 0.6 is 22.9 Å². The lowest BCUT2D eigenvalue weighted by molar-refractivity contribution is -0.145. The summed E-state index contributed by atoms with van der Waals surface area (Å²) in [7, 11) is 0. The number of benzene rings is 3. The molecule has 0 aliphatic rings. The van der Waals surface area contributed by atoms with Crippen molar-refractivity contribution in [1.82, 2.24) is 30.7 Å². The van der Waals surface area contributed by atoms with Crippen LogP contribution in [0, 0.1) is 0 Å². The Balaban J connectivity index is 1.43. The van der Waals surface area contributed by atoms with Crippen LogP contribution in [-0.2, 0) is 25.6 Å². The summed E-state index contributed by atoms with van der Waals surface area (Å²) < 4.78 is 2.18. The minimum Gasteiger partial charge on any atom is -0.334 e. The fourth-order valence-electron chi connectivity index (χ4n) is 3.98. The number of thiophene rings is 1. The Labute approximate surface area is 241 Å². The predicted octanol–water partition coefficient (Wildman–Crippen LogP) is 3.38. The highest BCUT2D eigenvalue weighted by Gasteiger charge is 2.32. The Morgan fingerprint density at radius 2 is 1.83 bits per heavy atom. The van der Waals surface area contributed by atoms with Crippen LogP contribution in [0.4, 0.5) is 5.69 Å². The Morgan fingerprint density at radius 1 is 1.05 bits per heavy atom. The first-order valence-corrected chi connectivity index (χ1v) is 13.2. The van der Waals surface area contributed by atoms with Crippen LogP contribution in [-0.4, -0.2) is 55.3 Å². The summed E-state index contributed by atoms with van der Waals surface area (Å²) >= 11 is 7.42. The fourth-order valence-corrected chi connectivity index (χ4v) is 5.09. The number of rotatable bonds is 9. The number of hydrogen-bond acceptors (Lipinski definition) is 10. The van der Waals surface area contributed by atoms with E-state index >= 15 is 0 Å². The summed E-state index contributed by atoms with van der Waals surface area (Å²) in [5.41, 5.74) is 6.22. The van der Waals surface area contributed by atoms with Crippen LogP contribution in [0.15, 0.2) is 85.2 Å². The summed E-state index contributed by atoms with van der Waals surface area (Å²) in [6.45, 7) is 0. The van der Waals surface area contributed by atoms with Gasteiger partial charge >= 0.3 is 11.9 Å². The van der Waals surface area contributed by atoms with Gasteiger partial charge in [0.1, 0.15) is 17.2 Å². The van der Waals surface area contributed by atoms with Crippen LogP contribution < -0.4 is 10.9 Å². The van der Waals surface area contributed by atoms with Gasteiger partial charge in [-0.3, -0.25) is 19.8 Å². The number of carbonyl (C=O) groups excluding carboxylic acids is 4. The van der Waals surface area contributed by atoms with Crippen LogP contribution in [0.1, 0.15) is 15.2 Å². The molecule has 1 atom stereocenters. The molecular formula is C27H20ClN7O5S. The molecule has 2 aromatic heterocycles. The maximum atomic E-state index is 13.5. The van der Waals surface area contributed by atoms with Gasteiger partial charge in [-0.25, -0.2) is 9.80 Å². The molecule has 0 spiro atoms. The first-order valence-electron chi connectivity index (χ1n) is 12.0. The summed E-state index contributed by atoms with van der Waals surface area (Å²) in [5, 5.41) is 13.1. The third-order valence-electron chi connectivity index (χ3n) is 5.89. The second kappa shape index (κ2) is 12.4. The molecule has 2 heterocycles. The number of tetrazole rings is 1. The third kappa shape index (κ3) is 6.37. The highest BCUT2D eigenvalue weighted by molar-refractivity contribution is 7.20. The molecule has 14 heteroatoms. The molecule has 0 aliphatic heterocycles. The number of nitrogens with one attached hydrogen (secondary N) is 2. The van der Waals surface area contributed by atoms with Crippen molar-refractivity contribution in [2.24, 2.45) is 0 Å². The molecule has 2 N–H and O–H groups in total. The first kappa shape index (κ1) is 27.4. The van der Waals surface area contributed by atoms with Crippen molar-refractivity contribution in [1.29, 1.82) is 0 Å². The van der Waals surface area contributed by atoms with Crippen molar-refractivity contribution in [2.75, 3.05) is 5.43 Å². The van der Waals surface area contributed by atoms with Gasteiger partial charge in [-0.15, -0.1) is 16.4 Å². The quantitative estimate of drug-likeness (QED) is 0.150. The van der Waals surface area contributed by atoms with E-state index in [4.69, 9.17) is 16.4 Å². The van der Waals surface area contributed by atoms with E-state index in [2.05, 4.69) is 26.4 Å². The SMILES string of the molecule is O=CC(=O)N(Nc1cc(Cl)ccc1-n1cnnn1)C(Cc1ccccc1)C(=O)NOC(=O)c1cc2ccccc2s1. The smallest absolute Gasteiger partial charge is 0.334 e. The van der Waals surface area contributed by atoms with E-state index in [1.165, 1.54) is 28.4 Å². The van der Waals surface area contributed by atoms with Gasteiger partial charge in [0, 0.05) is 16.1 Å². The normalized spacial score (nSPS) is 11.4. The number of hydrogen-bond donors (Lipinski definition) is 2. The lowest BCUT2D eigenvalue weighted by atomic mass is 10.0. The van der Waals surface area contributed by atoms with Crippen LogP contribution in [0.2, 0.25) is 5.02 Å². The number of aldehydes is 1. The van der Waals surface area contributed by atoms with Gasteiger partial charge in [0.25, 0.3) is 5.91 Å². The molecule has 0 saturated heterocycles. The number of carbonyl (C=O) groups is 4. The number of nitrogens with zero attached hydrogens (tertiary/aromatic N) is 5. The lowest BCUT2D eigenvalue weighted by Crippen LogP contribution is -2.54. The van der Waals surface area contributed by atoms with Crippen molar-refractivity contribution < 1.29 is 24.0 Å². The fraction of sp³-hybridized carbons (Fsp3) is 0.0741. The van der Waals surface area contributed by atoms with Crippen LogP contribution in [0.5, 0.6) is 0 Å². The predicted molar refractivity (Wildman–Crippen MR) is 150 cm³/mol.